The number of rotatable bonds is 8. The molecule has 1 atom stereocenters. The Kier molecular flexibility index (Phi) is 6.49. The Labute approximate surface area is 191 Å². The van der Waals surface area contributed by atoms with Crippen LogP contribution in [0.1, 0.15) is 37.6 Å². The standard InChI is InChI=1S/C26H25NO6/c1-3-13-32-19-10-5-8-17(15-19)24(28)22-23(21-12-7-14-33-21)27(26(30)25(22)29)18-9-6-11-20(16-18)31-4-2/h5-12,14-16,23,28H,3-4,13H2,1-2H3/b24-22-. The van der Waals surface area contributed by atoms with Gasteiger partial charge in [0.25, 0.3) is 11.7 Å². The van der Waals surface area contributed by atoms with E-state index in [1.54, 1.807) is 60.7 Å². The molecule has 0 radical (unpaired) electrons. The van der Waals surface area contributed by atoms with E-state index < -0.39 is 17.7 Å². The van der Waals surface area contributed by atoms with Gasteiger partial charge in [0.05, 0.1) is 25.1 Å². The number of ketones is 1. The zero-order valence-electron chi connectivity index (χ0n) is 18.5. The molecule has 2 heterocycles. The maximum absolute atomic E-state index is 13.2. The lowest BCUT2D eigenvalue weighted by molar-refractivity contribution is -0.132. The number of Topliss-reactive ketones (excluding diaryl/α,β-unsaturated/α-hetero) is 1. The fraction of sp³-hybridized carbons (Fsp3) is 0.231. The summed E-state index contributed by atoms with van der Waals surface area (Å²) in [6.07, 6.45) is 2.30. The van der Waals surface area contributed by atoms with Crippen molar-refractivity contribution in [2.45, 2.75) is 26.3 Å². The van der Waals surface area contributed by atoms with Crippen molar-refractivity contribution in [2.75, 3.05) is 18.1 Å². The van der Waals surface area contributed by atoms with E-state index in [1.807, 2.05) is 13.8 Å². The highest BCUT2D eigenvalue weighted by molar-refractivity contribution is 6.51. The van der Waals surface area contributed by atoms with Crippen LogP contribution in [0.5, 0.6) is 11.5 Å². The minimum absolute atomic E-state index is 0.0515. The Morgan fingerprint density at radius 3 is 2.45 bits per heavy atom. The molecule has 1 fully saturated rings. The number of hydrogen-bond donors (Lipinski definition) is 1. The van der Waals surface area contributed by atoms with Crippen LogP contribution < -0.4 is 14.4 Å². The first-order chi connectivity index (χ1) is 16.0. The summed E-state index contributed by atoms with van der Waals surface area (Å²) in [4.78, 5) is 27.6. The zero-order valence-corrected chi connectivity index (χ0v) is 18.5. The highest BCUT2D eigenvalue weighted by Crippen LogP contribution is 2.43. The van der Waals surface area contributed by atoms with Crippen molar-refractivity contribution in [2.24, 2.45) is 0 Å². The molecule has 1 amide bonds. The number of carbonyl (C=O) groups excluding carboxylic acids is 2. The van der Waals surface area contributed by atoms with Crippen LogP contribution in [0.4, 0.5) is 5.69 Å². The van der Waals surface area contributed by atoms with Gasteiger partial charge in [0.15, 0.2) is 0 Å². The normalized spacial score (nSPS) is 17.4. The number of hydrogen-bond acceptors (Lipinski definition) is 6. The molecule has 7 nitrogen and oxygen atoms in total. The molecule has 33 heavy (non-hydrogen) atoms. The Hall–Kier alpha value is -4.00. The minimum Gasteiger partial charge on any atom is -0.507 e. The van der Waals surface area contributed by atoms with Crippen LogP contribution in [-0.4, -0.2) is 30.0 Å². The second-order valence-corrected chi connectivity index (χ2v) is 7.49. The van der Waals surface area contributed by atoms with Crippen LogP contribution in [0.3, 0.4) is 0 Å². The number of anilines is 1. The summed E-state index contributed by atoms with van der Waals surface area (Å²) in [6, 6.07) is 16.1. The summed E-state index contributed by atoms with van der Waals surface area (Å²) >= 11 is 0. The number of amides is 1. The maximum atomic E-state index is 13.2. The van der Waals surface area contributed by atoms with Crippen molar-refractivity contribution >= 4 is 23.1 Å². The fourth-order valence-electron chi connectivity index (χ4n) is 3.81. The second kappa shape index (κ2) is 9.65. The molecular weight excluding hydrogens is 422 g/mol. The highest BCUT2D eigenvalue weighted by Gasteiger charge is 2.48. The highest BCUT2D eigenvalue weighted by atomic mass is 16.5. The molecule has 1 aliphatic heterocycles. The fourth-order valence-corrected chi connectivity index (χ4v) is 3.81. The predicted molar refractivity (Wildman–Crippen MR) is 123 cm³/mol. The van der Waals surface area contributed by atoms with Gasteiger partial charge in [-0.25, -0.2) is 0 Å². The lowest BCUT2D eigenvalue weighted by Crippen LogP contribution is -2.29. The molecule has 170 valence electrons. The van der Waals surface area contributed by atoms with Gasteiger partial charge in [-0.2, -0.15) is 0 Å². The monoisotopic (exact) mass is 447 g/mol. The molecule has 3 aromatic rings. The third-order valence-electron chi connectivity index (χ3n) is 5.24. The topological polar surface area (TPSA) is 89.2 Å². The van der Waals surface area contributed by atoms with E-state index in [4.69, 9.17) is 13.9 Å². The molecule has 0 saturated carbocycles. The minimum atomic E-state index is -0.933. The average Bonchev–Trinajstić information content (AvgIpc) is 3.45. The third-order valence-corrected chi connectivity index (χ3v) is 5.24. The molecule has 4 rings (SSSR count). The van der Waals surface area contributed by atoms with E-state index in [0.717, 1.165) is 6.42 Å². The van der Waals surface area contributed by atoms with Crippen LogP contribution in [0.15, 0.2) is 76.9 Å². The Bertz CT molecular complexity index is 1180. The molecular formula is C26H25NO6. The first kappa shape index (κ1) is 22.2. The van der Waals surface area contributed by atoms with Crippen molar-refractivity contribution in [1.29, 1.82) is 0 Å². The lowest BCUT2D eigenvalue weighted by atomic mass is 9.99. The number of carbonyl (C=O) groups is 2. The molecule has 1 unspecified atom stereocenters. The summed E-state index contributed by atoms with van der Waals surface area (Å²) in [5.74, 6) is -0.360. The van der Waals surface area contributed by atoms with Crippen LogP contribution >= 0.6 is 0 Å². The van der Waals surface area contributed by atoms with Gasteiger partial charge in [0.1, 0.15) is 29.1 Å². The van der Waals surface area contributed by atoms with Crippen LogP contribution in [0.2, 0.25) is 0 Å². The van der Waals surface area contributed by atoms with E-state index in [-0.39, 0.29) is 11.3 Å². The SMILES string of the molecule is CCCOc1cccc(/C(O)=C2/C(=O)C(=O)N(c3cccc(OCC)c3)C2c2ccco2)c1. The van der Waals surface area contributed by atoms with Gasteiger partial charge in [-0.3, -0.25) is 14.5 Å². The largest absolute Gasteiger partial charge is 0.507 e. The van der Waals surface area contributed by atoms with E-state index in [9.17, 15) is 14.7 Å². The van der Waals surface area contributed by atoms with E-state index in [2.05, 4.69) is 0 Å². The number of aliphatic hydroxyl groups excluding tert-OH is 1. The van der Waals surface area contributed by atoms with Crippen molar-refractivity contribution in [3.05, 3.63) is 83.8 Å². The Morgan fingerprint density at radius 1 is 1.00 bits per heavy atom. The third kappa shape index (κ3) is 4.35. The molecule has 7 heteroatoms. The van der Waals surface area contributed by atoms with Crippen molar-refractivity contribution in [3.8, 4) is 11.5 Å². The summed E-state index contributed by atoms with van der Waals surface area (Å²) in [7, 11) is 0. The van der Waals surface area contributed by atoms with Gasteiger partial charge < -0.3 is 19.0 Å². The van der Waals surface area contributed by atoms with Crippen LogP contribution in [-0.2, 0) is 9.59 Å². The van der Waals surface area contributed by atoms with Crippen molar-refractivity contribution in [1.82, 2.24) is 0 Å². The Balaban J connectivity index is 1.84. The zero-order chi connectivity index (χ0) is 23.4. The molecule has 0 spiro atoms. The number of ether oxygens (including phenoxy) is 2. The average molecular weight is 447 g/mol. The molecule has 0 bridgehead atoms. The van der Waals surface area contributed by atoms with E-state index in [1.165, 1.54) is 11.2 Å². The summed E-state index contributed by atoms with van der Waals surface area (Å²) in [6.45, 7) is 4.84. The van der Waals surface area contributed by atoms with Crippen LogP contribution in [0, 0.1) is 0 Å². The lowest BCUT2D eigenvalue weighted by Gasteiger charge is -2.23. The molecule has 1 N–H and O–H groups in total. The number of benzene rings is 2. The molecule has 1 aliphatic rings. The van der Waals surface area contributed by atoms with E-state index >= 15 is 0 Å². The quantitative estimate of drug-likeness (QED) is 0.294. The van der Waals surface area contributed by atoms with E-state index in [0.29, 0.717) is 41.7 Å². The maximum Gasteiger partial charge on any atom is 0.300 e. The smallest absolute Gasteiger partial charge is 0.300 e. The second-order valence-electron chi connectivity index (χ2n) is 7.49. The number of aliphatic hydroxyl groups is 1. The molecule has 2 aromatic carbocycles. The number of nitrogens with zero attached hydrogens (tertiary/aromatic N) is 1. The van der Waals surface area contributed by atoms with Gasteiger partial charge in [0, 0.05) is 17.3 Å². The van der Waals surface area contributed by atoms with Crippen molar-refractivity contribution in [3.63, 3.8) is 0 Å². The van der Waals surface area contributed by atoms with Gasteiger partial charge in [-0.15, -0.1) is 0 Å². The number of furan rings is 1. The van der Waals surface area contributed by atoms with Gasteiger partial charge in [0.2, 0.25) is 0 Å². The Morgan fingerprint density at radius 2 is 1.76 bits per heavy atom. The summed E-state index contributed by atoms with van der Waals surface area (Å²) in [5, 5.41) is 11.2. The first-order valence-electron chi connectivity index (χ1n) is 10.9. The van der Waals surface area contributed by atoms with Gasteiger partial charge >= 0.3 is 0 Å². The molecule has 1 aromatic heterocycles. The summed E-state index contributed by atoms with van der Waals surface area (Å²) < 4.78 is 16.8. The summed E-state index contributed by atoms with van der Waals surface area (Å²) in [5.41, 5.74) is 0.786. The molecule has 1 saturated heterocycles. The van der Waals surface area contributed by atoms with Gasteiger partial charge in [-0.1, -0.05) is 25.1 Å². The molecule has 0 aliphatic carbocycles. The van der Waals surface area contributed by atoms with Gasteiger partial charge in [-0.05, 0) is 49.7 Å². The first-order valence-corrected chi connectivity index (χ1v) is 10.9. The van der Waals surface area contributed by atoms with Crippen LogP contribution in [0.25, 0.3) is 5.76 Å². The van der Waals surface area contributed by atoms with Crippen molar-refractivity contribution < 1.29 is 28.6 Å². The predicted octanol–water partition coefficient (Wildman–Crippen LogP) is 5.09.